The summed E-state index contributed by atoms with van der Waals surface area (Å²) >= 11 is 0. The molecule has 9 nitrogen and oxygen atoms in total. The maximum absolute atomic E-state index is 13.3. The van der Waals surface area contributed by atoms with Gasteiger partial charge in [-0.2, -0.15) is 0 Å². The highest BCUT2D eigenvalue weighted by Gasteiger charge is 2.57. The Morgan fingerprint density at radius 1 is 1.24 bits per heavy atom. The van der Waals surface area contributed by atoms with Crippen LogP contribution in [0.5, 0.6) is 11.5 Å². The second-order valence-electron chi connectivity index (χ2n) is 11.2. The van der Waals surface area contributed by atoms with Crippen LogP contribution >= 0.6 is 0 Å². The number of aromatic carboxylic acids is 1. The van der Waals surface area contributed by atoms with Crippen LogP contribution < -0.4 is 4.74 Å². The van der Waals surface area contributed by atoms with E-state index in [1.807, 2.05) is 6.92 Å². The number of methoxy groups -OCH3 is 1. The number of carboxylic acids is 1. The molecule has 0 aromatic heterocycles. The maximum Gasteiger partial charge on any atom is 0.343 e. The quantitative estimate of drug-likeness (QED) is 0.244. The first-order valence-corrected chi connectivity index (χ1v) is 13.7. The SMILES string of the molecule is CCCCC[C@@H]1Cc2cc(O)c(C(=O)O)c3c2[C@H](C[C@]2(OC[C@H](CC(=O)[C@](C)(CC)C(=O)OC)[C@H]2C)O3)O1. The van der Waals surface area contributed by atoms with Crippen LogP contribution in [-0.4, -0.2) is 53.5 Å². The fourth-order valence-corrected chi connectivity index (χ4v) is 6.19. The molecule has 1 aromatic rings. The molecule has 0 aliphatic carbocycles. The molecule has 3 heterocycles. The Morgan fingerprint density at radius 2 is 1.97 bits per heavy atom. The van der Waals surface area contributed by atoms with Crippen LogP contribution in [0.2, 0.25) is 0 Å². The Balaban J connectivity index is 1.65. The van der Waals surface area contributed by atoms with E-state index in [1.54, 1.807) is 13.8 Å². The number of esters is 1. The largest absolute Gasteiger partial charge is 0.507 e. The van der Waals surface area contributed by atoms with Gasteiger partial charge in [-0.1, -0.05) is 40.0 Å². The standard InChI is InChI=1S/C29H40O9/c1-6-8-9-10-19-11-17-12-20(30)24(26(32)33)25-23(17)21(37-19)14-29(38-25)16(3)18(15-36-29)13-22(31)28(4,7-2)27(34)35-5/h12,16,18-19,21,30H,6-11,13-15H2,1-5H3,(H,32,33)/t16-,18+,19-,21+,28+,29+/m1/s1. The first-order valence-electron chi connectivity index (χ1n) is 13.7. The summed E-state index contributed by atoms with van der Waals surface area (Å²) in [5.41, 5.74) is -0.0542. The molecule has 0 saturated carbocycles. The van der Waals surface area contributed by atoms with Gasteiger partial charge >= 0.3 is 11.9 Å². The zero-order valence-electron chi connectivity index (χ0n) is 23.0. The zero-order chi connectivity index (χ0) is 27.8. The number of hydrogen-bond acceptors (Lipinski definition) is 8. The second-order valence-corrected chi connectivity index (χ2v) is 11.2. The molecule has 0 unspecified atom stereocenters. The molecule has 3 aliphatic rings. The topological polar surface area (TPSA) is 129 Å². The van der Waals surface area contributed by atoms with Crippen LogP contribution in [0.25, 0.3) is 0 Å². The minimum absolute atomic E-state index is 0.0588. The molecule has 6 atom stereocenters. The number of aromatic hydroxyl groups is 1. The number of ether oxygens (including phenoxy) is 4. The Kier molecular flexibility index (Phi) is 8.09. The highest BCUT2D eigenvalue weighted by Crippen LogP contribution is 2.56. The van der Waals surface area contributed by atoms with E-state index in [-0.39, 0.29) is 53.8 Å². The maximum atomic E-state index is 13.3. The van der Waals surface area contributed by atoms with Crippen LogP contribution in [0.15, 0.2) is 6.07 Å². The summed E-state index contributed by atoms with van der Waals surface area (Å²) in [4.78, 5) is 37.8. The number of carboxylic acid groups (broad SMARTS) is 1. The van der Waals surface area contributed by atoms with Gasteiger partial charge < -0.3 is 29.2 Å². The van der Waals surface area contributed by atoms with Gasteiger partial charge in [0, 0.05) is 24.3 Å². The van der Waals surface area contributed by atoms with Crippen molar-refractivity contribution in [1.82, 2.24) is 0 Å². The minimum Gasteiger partial charge on any atom is -0.507 e. The van der Waals surface area contributed by atoms with Gasteiger partial charge in [-0.3, -0.25) is 9.59 Å². The van der Waals surface area contributed by atoms with Gasteiger partial charge in [0.15, 0.2) is 0 Å². The normalized spacial score (nSPS) is 29.3. The average Bonchev–Trinajstić information content (AvgIpc) is 3.16. The monoisotopic (exact) mass is 532 g/mol. The van der Waals surface area contributed by atoms with E-state index in [0.717, 1.165) is 31.2 Å². The van der Waals surface area contributed by atoms with Crippen molar-refractivity contribution in [1.29, 1.82) is 0 Å². The van der Waals surface area contributed by atoms with Gasteiger partial charge in [0.05, 0.1) is 25.9 Å². The van der Waals surface area contributed by atoms with Crippen molar-refractivity contribution in [3.05, 3.63) is 22.8 Å². The lowest BCUT2D eigenvalue weighted by Crippen LogP contribution is -2.48. The van der Waals surface area contributed by atoms with Crippen molar-refractivity contribution >= 4 is 17.7 Å². The third-order valence-electron chi connectivity index (χ3n) is 8.95. The van der Waals surface area contributed by atoms with E-state index in [9.17, 15) is 24.6 Å². The molecule has 1 fully saturated rings. The summed E-state index contributed by atoms with van der Waals surface area (Å²) in [6, 6.07) is 1.53. The Bertz CT molecular complexity index is 1100. The van der Waals surface area contributed by atoms with Gasteiger partial charge in [0.2, 0.25) is 5.79 Å². The summed E-state index contributed by atoms with van der Waals surface area (Å²) in [6.07, 6.45) is 4.88. The molecule has 4 rings (SSSR count). The number of unbranched alkanes of at least 4 members (excludes halogenated alkanes) is 2. The fraction of sp³-hybridized carbons (Fsp3) is 0.690. The highest BCUT2D eigenvalue weighted by molar-refractivity contribution is 6.03. The first kappa shape index (κ1) is 28.4. The number of ketones is 1. The Labute approximate surface area is 223 Å². The fourth-order valence-electron chi connectivity index (χ4n) is 6.19. The Hall–Kier alpha value is -2.65. The number of Topliss-reactive ketones (excluding diaryl/α,β-unsaturated/α-hetero) is 1. The van der Waals surface area contributed by atoms with Gasteiger partial charge in [-0.05, 0) is 43.7 Å². The van der Waals surface area contributed by atoms with Crippen LogP contribution in [0.4, 0.5) is 0 Å². The number of hydrogen-bond donors (Lipinski definition) is 2. The van der Waals surface area contributed by atoms with Crippen molar-refractivity contribution in [2.75, 3.05) is 13.7 Å². The number of carbonyl (C=O) groups is 3. The average molecular weight is 533 g/mol. The van der Waals surface area contributed by atoms with E-state index in [4.69, 9.17) is 18.9 Å². The smallest absolute Gasteiger partial charge is 0.343 e. The number of benzene rings is 1. The molecule has 1 spiro atoms. The predicted octanol–water partition coefficient (Wildman–Crippen LogP) is 4.96. The lowest BCUT2D eigenvalue weighted by molar-refractivity contribution is -0.214. The molecule has 2 N–H and O–H groups in total. The molecular weight excluding hydrogens is 492 g/mol. The third kappa shape index (κ3) is 4.79. The second kappa shape index (κ2) is 10.8. The molecule has 38 heavy (non-hydrogen) atoms. The van der Waals surface area contributed by atoms with Crippen molar-refractivity contribution in [3.8, 4) is 11.5 Å². The van der Waals surface area contributed by atoms with Crippen LogP contribution in [0.3, 0.4) is 0 Å². The molecular formula is C29H40O9. The van der Waals surface area contributed by atoms with Crippen molar-refractivity contribution < 1.29 is 43.5 Å². The van der Waals surface area contributed by atoms with Gasteiger partial charge in [-0.15, -0.1) is 0 Å². The molecule has 3 aliphatic heterocycles. The highest BCUT2D eigenvalue weighted by atomic mass is 16.7. The van der Waals surface area contributed by atoms with Crippen molar-refractivity contribution in [2.24, 2.45) is 17.3 Å². The summed E-state index contributed by atoms with van der Waals surface area (Å²) < 4.78 is 24.1. The lowest BCUT2D eigenvalue weighted by Gasteiger charge is -2.46. The van der Waals surface area contributed by atoms with Gasteiger partial charge in [0.1, 0.15) is 28.3 Å². The number of rotatable bonds is 10. The minimum atomic E-state index is -1.30. The van der Waals surface area contributed by atoms with E-state index >= 15 is 0 Å². The van der Waals surface area contributed by atoms with E-state index < -0.39 is 29.2 Å². The number of phenols is 1. The van der Waals surface area contributed by atoms with Crippen LogP contribution in [-0.2, 0) is 30.2 Å². The molecule has 1 aromatic carbocycles. The number of carbonyl (C=O) groups excluding carboxylic acids is 2. The molecule has 0 bridgehead atoms. The van der Waals surface area contributed by atoms with Crippen molar-refractivity contribution in [2.45, 2.75) is 97.1 Å². The lowest BCUT2D eigenvalue weighted by atomic mass is 9.75. The molecule has 1 saturated heterocycles. The Morgan fingerprint density at radius 3 is 2.61 bits per heavy atom. The molecule has 9 heteroatoms. The van der Waals surface area contributed by atoms with Crippen LogP contribution in [0, 0.1) is 17.3 Å². The van der Waals surface area contributed by atoms with E-state index in [0.29, 0.717) is 24.8 Å². The third-order valence-corrected chi connectivity index (χ3v) is 8.95. The predicted molar refractivity (Wildman–Crippen MR) is 137 cm³/mol. The van der Waals surface area contributed by atoms with Crippen LogP contribution in [0.1, 0.15) is 100 Å². The van der Waals surface area contributed by atoms with Gasteiger partial charge in [-0.25, -0.2) is 4.79 Å². The molecule has 0 radical (unpaired) electrons. The van der Waals surface area contributed by atoms with E-state index in [2.05, 4.69) is 6.92 Å². The van der Waals surface area contributed by atoms with Gasteiger partial charge in [0.25, 0.3) is 0 Å². The summed E-state index contributed by atoms with van der Waals surface area (Å²) in [5, 5.41) is 20.6. The summed E-state index contributed by atoms with van der Waals surface area (Å²) in [6.45, 7) is 7.65. The van der Waals surface area contributed by atoms with Crippen molar-refractivity contribution in [3.63, 3.8) is 0 Å². The molecule has 0 amide bonds. The molecule has 210 valence electrons. The zero-order valence-corrected chi connectivity index (χ0v) is 23.0. The first-order chi connectivity index (χ1) is 18.0. The van der Waals surface area contributed by atoms with E-state index in [1.165, 1.54) is 13.2 Å². The summed E-state index contributed by atoms with van der Waals surface area (Å²) in [5.74, 6) is -4.13. The summed E-state index contributed by atoms with van der Waals surface area (Å²) in [7, 11) is 1.27.